The summed E-state index contributed by atoms with van der Waals surface area (Å²) in [5.74, 6) is 0. The van der Waals surface area contributed by atoms with Crippen LogP contribution in [0.15, 0.2) is 53.5 Å². The molecule has 0 saturated carbocycles. The number of benzene rings is 1. The average Bonchev–Trinajstić information content (AvgIpc) is 2.75. The van der Waals surface area contributed by atoms with Crippen molar-refractivity contribution in [2.75, 3.05) is 0 Å². The fraction of sp³-hybridized carbons (Fsp3) is 0.0714. The van der Waals surface area contributed by atoms with Crippen LogP contribution in [0.1, 0.15) is 5.56 Å². The van der Waals surface area contributed by atoms with Gasteiger partial charge in [-0.25, -0.2) is 0 Å². The number of fused-ring (bicyclic) bond motifs is 1. The Bertz CT molecular complexity index is 720. The number of rotatable bonds is 1. The van der Waals surface area contributed by atoms with Crippen LogP contribution in [0.5, 0.6) is 0 Å². The molecular formula is C14H12N2O. The smallest absolute Gasteiger partial charge is 0.256 e. The molecule has 0 amide bonds. The molecule has 0 unspecified atom stereocenters. The van der Waals surface area contributed by atoms with Gasteiger partial charge < -0.3 is 4.98 Å². The molecule has 2 aromatic heterocycles. The number of H-pyrrole nitrogens is 1. The Labute approximate surface area is 98.4 Å². The van der Waals surface area contributed by atoms with Crippen LogP contribution < -0.4 is 5.56 Å². The molecule has 0 spiro atoms. The van der Waals surface area contributed by atoms with E-state index in [2.05, 4.69) is 24.0 Å². The number of nitrogens with zero attached hydrogens (tertiary/aromatic N) is 1. The summed E-state index contributed by atoms with van der Waals surface area (Å²) in [6.45, 7) is 2.06. The third-order valence-electron chi connectivity index (χ3n) is 2.87. The Morgan fingerprint density at radius 1 is 1.06 bits per heavy atom. The molecule has 0 aliphatic heterocycles. The summed E-state index contributed by atoms with van der Waals surface area (Å²) in [7, 11) is 0. The van der Waals surface area contributed by atoms with Gasteiger partial charge in [0.25, 0.3) is 5.56 Å². The molecule has 0 saturated heterocycles. The van der Waals surface area contributed by atoms with E-state index in [1.54, 1.807) is 16.5 Å². The standard InChI is InChI=1S/C14H12N2O/c1-10-5-7-11(8-6-10)12-9-16-13(15-12)3-2-4-14(16)17/h2-9,15H,1H3. The van der Waals surface area contributed by atoms with Crippen molar-refractivity contribution in [3.05, 3.63) is 64.6 Å². The minimum Gasteiger partial charge on any atom is -0.340 e. The van der Waals surface area contributed by atoms with E-state index < -0.39 is 0 Å². The summed E-state index contributed by atoms with van der Waals surface area (Å²) < 4.78 is 1.62. The van der Waals surface area contributed by atoms with Gasteiger partial charge in [0.15, 0.2) is 0 Å². The quantitative estimate of drug-likeness (QED) is 0.677. The lowest BCUT2D eigenvalue weighted by atomic mass is 10.1. The molecule has 3 nitrogen and oxygen atoms in total. The van der Waals surface area contributed by atoms with Crippen molar-refractivity contribution in [1.82, 2.24) is 9.38 Å². The highest BCUT2D eigenvalue weighted by molar-refractivity contribution is 5.62. The fourth-order valence-corrected chi connectivity index (χ4v) is 1.92. The average molecular weight is 224 g/mol. The summed E-state index contributed by atoms with van der Waals surface area (Å²) in [4.78, 5) is 14.9. The van der Waals surface area contributed by atoms with Crippen molar-refractivity contribution in [1.29, 1.82) is 0 Å². The van der Waals surface area contributed by atoms with Crippen LogP contribution in [-0.2, 0) is 0 Å². The van der Waals surface area contributed by atoms with Gasteiger partial charge in [0.1, 0.15) is 5.65 Å². The molecule has 0 aliphatic rings. The van der Waals surface area contributed by atoms with Gasteiger partial charge in [-0.1, -0.05) is 35.9 Å². The summed E-state index contributed by atoms with van der Waals surface area (Å²) >= 11 is 0. The van der Waals surface area contributed by atoms with Crippen LogP contribution >= 0.6 is 0 Å². The summed E-state index contributed by atoms with van der Waals surface area (Å²) in [6.07, 6.45) is 1.84. The van der Waals surface area contributed by atoms with Crippen LogP contribution in [0, 0.1) is 6.92 Å². The molecule has 0 bridgehead atoms. The van der Waals surface area contributed by atoms with Crippen molar-refractivity contribution in [2.24, 2.45) is 0 Å². The van der Waals surface area contributed by atoms with Crippen molar-refractivity contribution in [3.63, 3.8) is 0 Å². The van der Waals surface area contributed by atoms with Gasteiger partial charge in [-0.3, -0.25) is 9.20 Å². The van der Waals surface area contributed by atoms with E-state index in [1.165, 1.54) is 5.56 Å². The van der Waals surface area contributed by atoms with E-state index in [0.29, 0.717) is 0 Å². The number of hydrogen-bond acceptors (Lipinski definition) is 1. The molecular weight excluding hydrogens is 212 g/mol. The van der Waals surface area contributed by atoms with Gasteiger partial charge in [-0.05, 0) is 18.6 Å². The number of pyridine rings is 1. The molecule has 0 fully saturated rings. The molecule has 3 rings (SSSR count). The topological polar surface area (TPSA) is 37.3 Å². The lowest BCUT2D eigenvalue weighted by Gasteiger charge is -1.97. The largest absolute Gasteiger partial charge is 0.340 e. The first kappa shape index (κ1) is 9.90. The van der Waals surface area contributed by atoms with Gasteiger partial charge in [-0.15, -0.1) is 0 Å². The van der Waals surface area contributed by atoms with E-state index in [0.717, 1.165) is 16.9 Å². The summed E-state index contributed by atoms with van der Waals surface area (Å²) in [6, 6.07) is 13.4. The highest BCUT2D eigenvalue weighted by atomic mass is 16.1. The number of aryl methyl sites for hydroxylation is 1. The molecule has 0 radical (unpaired) electrons. The highest BCUT2D eigenvalue weighted by Gasteiger charge is 2.03. The van der Waals surface area contributed by atoms with Gasteiger partial charge in [0.2, 0.25) is 0 Å². The number of imidazole rings is 1. The summed E-state index contributed by atoms with van der Waals surface area (Å²) in [5, 5.41) is 0. The van der Waals surface area contributed by atoms with Crippen LogP contribution in [-0.4, -0.2) is 9.38 Å². The van der Waals surface area contributed by atoms with E-state index in [1.807, 2.05) is 24.4 Å². The third kappa shape index (κ3) is 1.65. The predicted molar refractivity (Wildman–Crippen MR) is 68.2 cm³/mol. The maximum atomic E-state index is 11.6. The molecule has 3 heteroatoms. The zero-order valence-electron chi connectivity index (χ0n) is 9.47. The Hall–Kier alpha value is -2.29. The SMILES string of the molecule is Cc1ccc(-c2cn3c(=O)cccc3[nH]2)cc1. The maximum absolute atomic E-state index is 11.6. The van der Waals surface area contributed by atoms with Crippen molar-refractivity contribution in [2.45, 2.75) is 6.92 Å². The minimum absolute atomic E-state index is 0.0166. The van der Waals surface area contributed by atoms with E-state index in [-0.39, 0.29) is 5.56 Å². The van der Waals surface area contributed by atoms with Crippen LogP contribution in [0.3, 0.4) is 0 Å². The number of nitrogens with one attached hydrogen (secondary N) is 1. The number of aromatic amines is 1. The Morgan fingerprint density at radius 3 is 2.53 bits per heavy atom. The van der Waals surface area contributed by atoms with Gasteiger partial charge in [0, 0.05) is 12.3 Å². The molecule has 84 valence electrons. The Morgan fingerprint density at radius 2 is 1.82 bits per heavy atom. The van der Waals surface area contributed by atoms with Gasteiger partial charge in [0.05, 0.1) is 5.69 Å². The lowest BCUT2D eigenvalue weighted by Crippen LogP contribution is -2.08. The third-order valence-corrected chi connectivity index (χ3v) is 2.87. The molecule has 0 aliphatic carbocycles. The van der Waals surface area contributed by atoms with Crippen molar-refractivity contribution in [3.8, 4) is 11.3 Å². The second-order valence-electron chi connectivity index (χ2n) is 4.15. The van der Waals surface area contributed by atoms with E-state index in [9.17, 15) is 4.79 Å². The Balaban J connectivity index is 2.21. The zero-order chi connectivity index (χ0) is 11.8. The molecule has 2 heterocycles. The summed E-state index contributed by atoms with van der Waals surface area (Å²) in [5.41, 5.74) is 4.05. The first-order valence-electron chi connectivity index (χ1n) is 5.51. The van der Waals surface area contributed by atoms with Crippen LogP contribution in [0.2, 0.25) is 0 Å². The molecule has 1 N–H and O–H groups in total. The minimum atomic E-state index is -0.0166. The second kappa shape index (κ2) is 3.63. The molecule has 0 atom stereocenters. The second-order valence-corrected chi connectivity index (χ2v) is 4.15. The fourth-order valence-electron chi connectivity index (χ4n) is 1.92. The zero-order valence-corrected chi connectivity index (χ0v) is 9.47. The lowest BCUT2D eigenvalue weighted by molar-refractivity contribution is 1.11. The van der Waals surface area contributed by atoms with Crippen LogP contribution in [0.4, 0.5) is 0 Å². The first-order chi connectivity index (χ1) is 8.24. The van der Waals surface area contributed by atoms with Crippen molar-refractivity contribution >= 4 is 5.65 Å². The van der Waals surface area contributed by atoms with Gasteiger partial charge in [-0.2, -0.15) is 0 Å². The van der Waals surface area contributed by atoms with E-state index in [4.69, 9.17) is 0 Å². The normalized spacial score (nSPS) is 10.9. The molecule has 3 aromatic rings. The predicted octanol–water partition coefficient (Wildman–Crippen LogP) is 2.60. The van der Waals surface area contributed by atoms with Crippen molar-refractivity contribution < 1.29 is 0 Å². The number of aromatic nitrogens is 2. The Kier molecular flexibility index (Phi) is 2.11. The molecule has 17 heavy (non-hydrogen) atoms. The monoisotopic (exact) mass is 224 g/mol. The highest BCUT2D eigenvalue weighted by Crippen LogP contribution is 2.18. The molecule has 1 aromatic carbocycles. The maximum Gasteiger partial charge on any atom is 0.256 e. The van der Waals surface area contributed by atoms with Gasteiger partial charge >= 0.3 is 0 Å². The van der Waals surface area contributed by atoms with Crippen LogP contribution in [0.25, 0.3) is 16.9 Å². The first-order valence-corrected chi connectivity index (χ1v) is 5.51. The number of hydrogen-bond donors (Lipinski definition) is 1. The van der Waals surface area contributed by atoms with E-state index >= 15 is 0 Å².